The van der Waals surface area contributed by atoms with Crippen LogP contribution in [-0.2, 0) is 16.1 Å². The molecule has 174 valence electrons. The number of benzene rings is 3. The number of carbonyl (C=O) groups excluding carboxylic acids is 2. The molecule has 0 bridgehead atoms. The van der Waals surface area contributed by atoms with E-state index >= 15 is 0 Å². The summed E-state index contributed by atoms with van der Waals surface area (Å²) in [7, 11) is 0. The minimum Gasteiger partial charge on any atom is -0.462 e. The topological polar surface area (TPSA) is 84.1 Å². The molecule has 1 heterocycles. The van der Waals surface area contributed by atoms with Crippen LogP contribution in [0, 0.1) is 11.3 Å². The lowest BCUT2D eigenvalue weighted by atomic mass is 10.1. The Kier molecular flexibility index (Phi) is 7.44. The number of aromatic nitrogens is 1. The number of para-hydroxylation sites is 1. The zero-order valence-corrected chi connectivity index (χ0v) is 20.6. The molecule has 3 aromatic carbocycles. The van der Waals surface area contributed by atoms with E-state index in [9.17, 15) is 14.9 Å². The van der Waals surface area contributed by atoms with Crippen molar-refractivity contribution in [2.24, 2.45) is 0 Å². The van der Waals surface area contributed by atoms with Crippen LogP contribution in [0.1, 0.15) is 28.4 Å². The van der Waals surface area contributed by atoms with E-state index < -0.39 is 11.9 Å². The molecule has 0 saturated carbocycles. The van der Waals surface area contributed by atoms with Crippen LogP contribution in [-0.4, -0.2) is 23.1 Å². The highest BCUT2D eigenvalue weighted by Crippen LogP contribution is 2.25. The highest BCUT2D eigenvalue weighted by molar-refractivity contribution is 9.10. The minimum absolute atomic E-state index is 0.0222. The van der Waals surface area contributed by atoms with Crippen molar-refractivity contribution < 1.29 is 14.3 Å². The van der Waals surface area contributed by atoms with Crippen LogP contribution in [0.25, 0.3) is 17.0 Å². The molecule has 0 aliphatic rings. The van der Waals surface area contributed by atoms with Gasteiger partial charge < -0.3 is 14.6 Å². The normalized spacial score (nSPS) is 11.2. The predicted octanol–water partition coefficient (Wildman–Crippen LogP) is 6.17. The largest absolute Gasteiger partial charge is 0.462 e. The van der Waals surface area contributed by atoms with Gasteiger partial charge in [0.1, 0.15) is 11.6 Å². The van der Waals surface area contributed by atoms with Crippen LogP contribution in [0.3, 0.4) is 0 Å². The fraction of sp³-hybridized carbons (Fsp3) is 0.107. The van der Waals surface area contributed by atoms with E-state index in [0.29, 0.717) is 17.8 Å². The first-order valence-electron chi connectivity index (χ1n) is 11.0. The summed E-state index contributed by atoms with van der Waals surface area (Å²) < 4.78 is 8.09. The number of anilines is 1. The van der Waals surface area contributed by atoms with Gasteiger partial charge in [-0.3, -0.25) is 4.79 Å². The second kappa shape index (κ2) is 10.9. The number of nitriles is 1. The van der Waals surface area contributed by atoms with Crippen LogP contribution in [0.2, 0.25) is 0 Å². The summed E-state index contributed by atoms with van der Waals surface area (Å²) in [5.74, 6) is -0.955. The Labute approximate surface area is 211 Å². The number of rotatable bonds is 7. The standard InChI is InChI=1S/C28H22BrN3O3/c1-2-35-28(34)20-9-13-24(14-10-20)31-27(33)21(16-30)15-22-18-32(26-6-4-3-5-25(22)26)17-19-7-11-23(29)12-8-19/h3-15,18H,2,17H2,1H3,(H,31,33)/b21-15+. The summed E-state index contributed by atoms with van der Waals surface area (Å²) in [6, 6.07) is 24.3. The Bertz CT molecular complexity index is 1450. The zero-order valence-electron chi connectivity index (χ0n) is 19.0. The van der Waals surface area contributed by atoms with Gasteiger partial charge in [0.25, 0.3) is 5.91 Å². The summed E-state index contributed by atoms with van der Waals surface area (Å²) in [6.07, 6.45) is 3.55. The lowest BCUT2D eigenvalue weighted by molar-refractivity contribution is -0.112. The van der Waals surface area contributed by atoms with Crippen molar-refractivity contribution in [2.75, 3.05) is 11.9 Å². The van der Waals surface area contributed by atoms with Crippen molar-refractivity contribution in [2.45, 2.75) is 13.5 Å². The van der Waals surface area contributed by atoms with E-state index in [1.54, 1.807) is 37.3 Å². The van der Waals surface area contributed by atoms with Gasteiger partial charge in [-0.2, -0.15) is 5.26 Å². The fourth-order valence-electron chi connectivity index (χ4n) is 3.71. The molecule has 0 saturated heterocycles. The van der Waals surface area contributed by atoms with Crippen molar-refractivity contribution >= 4 is 50.5 Å². The Hall–Kier alpha value is -4.15. The quantitative estimate of drug-likeness (QED) is 0.177. The molecule has 35 heavy (non-hydrogen) atoms. The molecule has 0 unspecified atom stereocenters. The highest BCUT2D eigenvalue weighted by atomic mass is 79.9. The predicted molar refractivity (Wildman–Crippen MR) is 140 cm³/mol. The van der Waals surface area contributed by atoms with Crippen LogP contribution >= 0.6 is 15.9 Å². The first-order chi connectivity index (χ1) is 17.0. The van der Waals surface area contributed by atoms with Gasteiger partial charge in [0.15, 0.2) is 0 Å². The lowest BCUT2D eigenvalue weighted by Crippen LogP contribution is -2.13. The maximum absolute atomic E-state index is 12.8. The molecule has 0 spiro atoms. The number of hydrogen-bond acceptors (Lipinski definition) is 4. The van der Waals surface area contributed by atoms with Crippen molar-refractivity contribution in [3.63, 3.8) is 0 Å². The molecule has 0 atom stereocenters. The lowest BCUT2D eigenvalue weighted by Gasteiger charge is -2.06. The third kappa shape index (κ3) is 5.68. The first-order valence-corrected chi connectivity index (χ1v) is 11.8. The third-order valence-electron chi connectivity index (χ3n) is 5.40. The van der Waals surface area contributed by atoms with Crippen molar-refractivity contribution in [1.82, 2.24) is 4.57 Å². The molecule has 1 aromatic heterocycles. The number of nitrogens with one attached hydrogen (secondary N) is 1. The maximum Gasteiger partial charge on any atom is 0.338 e. The molecule has 6 nitrogen and oxygen atoms in total. The molecule has 1 N–H and O–H groups in total. The van der Waals surface area contributed by atoms with Gasteiger partial charge in [-0.05, 0) is 61.0 Å². The molecule has 0 fully saturated rings. The number of fused-ring (bicyclic) bond motifs is 1. The average Bonchev–Trinajstić information content (AvgIpc) is 3.21. The molecule has 4 rings (SSSR count). The smallest absolute Gasteiger partial charge is 0.338 e. The average molecular weight is 528 g/mol. The molecule has 1 amide bonds. The first kappa shape index (κ1) is 24.0. The second-order valence-corrected chi connectivity index (χ2v) is 8.69. The summed E-state index contributed by atoms with van der Waals surface area (Å²) in [6.45, 7) is 2.68. The summed E-state index contributed by atoms with van der Waals surface area (Å²) in [4.78, 5) is 24.6. The van der Waals surface area contributed by atoms with E-state index in [4.69, 9.17) is 4.74 Å². The third-order valence-corrected chi connectivity index (χ3v) is 5.93. The maximum atomic E-state index is 12.8. The number of esters is 1. The number of hydrogen-bond donors (Lipinski definition) is 1. The SMILES string of the molecule is CCOC(=O)c1ccc(NC(=O)/C(C#N)=C/c2cn(Cc3ccc(Br)cc3)c3ccccc23)cc1. The number of halogens is 1. The van der Waals surface area contributed by atoms with Crippen molar-refractivity contribution in [1.29, 1.82) is 5.26 Å². The van der Waals surface area contributed by atoms with Crippen LogP contribution in [0.4, 0.5) is 5.69 Å². The van der Waals surface area contributed by atoms with Gasteiger partial charge in [0.05, 0.1) is 12.2 Å². The second-order valence-electron chi connectivity index (χ2n) is 7.78. The summed E-state index contributed by atoms with van der Waals surface area (Å²) in [5.41, 5.74) is 3.76. The number of carbonyl (C=O) groups is 2. The fourth-order valence-corrected chi connectivity index (χ4v) is 3.98. The van der Waals surface area contributed by atoms with E-state index in [-0.39, 0.29) is 12.2 Å². The van der Waals surface area contributed by atoms with Gasteiger partial charge in [0.2, 0.25) is 0 Å². The van der Waals surface area contributed by atoms with E-state index in [2.05, 4.69) is 37.9 Å². The molecule has 7 heteroatoms. The van der Waals surface area contributed by atoms with E-state index in [1.165, 1.54) is 0 Å². The molecular formula is C28H22BrN3O3. The van der Waals surface area contributed by atoms with Gasteiger partial charge in [0, 0.05) is 39.4 Å². The highest BCUT2D eigenvalue weighted by Gasteiger charge is 2.14. The molecular weight excluding hydrogens is 506 g/mol. The van der Waals surface area contributed by atoms with Gasteiger partial charge >= 0.3 is 5.97 Å². The number of ether oxygens (including phenoxy) is 1. The Morgan fingerprint density at radius 3 is 2.46 bits per heavy atom. The summed E-state index contributed by atoms with van der Waals surface area (Å²) >= 11 is 3.46. The minimum atomic E-state index is -0.527. The Morgan fingerprint density at radius 1 is 1.06 bits per heavy atom. The number of amides is 1. The van der Waals surface area contributed by atoms with Gasteiger partial charge in [-0.1, -0.05) is 46.3 Å². The Morgan fingerprint density at radius 2 is 1.77 bits per heavy atom. The molecule has 0 aliphatic heterocycles. The molecule has 0 aliphatic carbocycles. The zero-order chi connectivity index (χ0) is 24.8. The van der Waals surface area contributed by atoms with Crippen LogP contribution in [0.5, 0.6) is 0 Å². The van der Waals surface area contributed by atoms with Crippen LogP contribution < -0.4 is 5.32 Å². The van der Waals surface area contributed by atoms with E-state index in [0.717, 1.165) is 26.5 Å². The monoisotopic (exact) mass is 527 g/mol. The molecule has 4 aromatic rings. The van der Waals surface area contributed by atoms with Crippen molar-refractivity contribution in [3.05, 3.63) is 106 Å². The van der Waals surface area contributed by atoms with Gasteiger partial charge in [-0.25, -0.2) is 4.79 Å². The van der Waals surface area contributed by atoms with Gasteiger partial charge in [-0.15, -0.1) is 0 Å². The molecule has 0 radical (unpaired) electrons. The Balaban J connectivity index is 1.58. The van der Waals surface area contributed by atoms with E-state index in [1.807, 2.05) is 48.7 Å². The summed E-state index contributed by atoms with van der Waals surface area (Å²) in [5, 5.41) is 13.4. The van der Waals surface area contributed by atoms with Crippen LogP contribution in [0.15, 0.2) is 89.0 Å². The number of nitrogens with zero attached hydrogens (tertiary/aromatic N) is 2. The van der Waals surface area contributed by atoms with Crippen molar-refractivity contribution in [3.8, 4) is 6.07 Å².